The van der Waals surface area contributed by atoms with E-state index in [2.05, 4.69) is 0 Å². The molecule has 0 fully saturated rings. The molecule has 0 bridgehead atoms. The van der Waals surface area contributed by atoms with Gasteiger partial charge in [0.25, 0.3) is 0 Å². The molecule has 2 nitrogen and oxygen atoms in total. The van der Waals surface area contributed by atoms with Crippen molar-refractivity contribution in [2.24, 2.45) is 0 Å². The van der Waals surface area contributed by atoms with Crippen LogP contribution in [0.5, 0.6) is 0 Å². The normalized spacial score (nSPS) is 16.1. The van der Waals surface area contributed by atoms with E-state index in [1.807, 2.05) is 30.3 Å². The van der Waals surface area contributed by atoms with Gasteiger partial charge in [0.1, 0.15) is 0 Å². The first-order chi connectivity index (χ1) is 7.18. The van der Waals surface area contributed by atoms with Crippen LogP contribution in [0, 0.1) is 0 Å². The first kappa shape index (κ1) is 9.59. The number of carbonyl (C=O) groups is 2. The quantitative estimate of drug-likeness (QED) is 0.648. The van der Waals surface area contributed by atoms with E-state index in [4.69, 9.17) is 0 Å². The second-order valence-electron chi connectivity index (χ2n) is 3.48. The molecule has 2 heteroatoms. The van der Waals surface area contributed by atoms with Crippen LogP contribution >= 0.6 is 0 Å². The average Bonchev–Trinajstić information content (AvgIpc) is 2.25. The predicted octanol–water partition coefficient (Wildman–Crippen LogP) is 2.17. The molecule has 1 aromatic carbocycles. The van der Waals surface area contributed by atoms with Gasteiger partial charge >= 0.3 is 0 Å². The Morgan fingerprint density at radius 3 is 2.20 bits per heavy atom. The third-order valence-electron chi connectivity index (χ3n) is 2.36. The van der Waals surface area contributed by atoms with E-state index >= 15 is 0 Å². The van der Waals surface area contributed by atoms with Crippen LogP contribution in [0.4, 0.5) is 0 Å². The van der Waals surface area contributed by atoms with Gasteiger partial charge < -0.3 is 0 Å². The lowest BCUT2D eigenvalue weighted by Gasteiger charge is -2.09. The molecule has 0 aromatic heterocycles. The first-order valence-corrected chi connectivity index (χ1v) is 4.72. The summed E-state index contributed by atoms with van der Waals surface area (Å²) in [5, 5.41) is 0. The maximum absolute atomic E-state index is 11.7. The summed E-state index contributed by atoms with van der Waals surface area (Å²) in [7, 11) is 0. The number of hydrogen-bond acceptors (Lipinski definition) is 2. The predicted molar refractivity (Wildman–Crippen MR) is 58.2 cm³/mol. The van der Waals surface area contributed by atoms with Crippen molar-refractivity contribution >= 4 is 17.1 Å². The van der Waals surface area contributed by atoms with E-state index in [1.165, 1.54) is 12.2 Å². The summed E-state index contributed by atoms with van der Waals surface area (Å²) >= 11 is 0. The lowest BCUT2D eigenvalue weighted by atomic mass is 9.93. The molecule has 0 atom stereocenters. The van der Waals surface area contributed by atoms with Crippen LogP contribution < -0.4 is 0 Å². The summed E-state index contributed by atoms with van der Waals surface area (Å²) in [6, 6.07) is 9.22. The monoisotopic (exact) mass is 198 g/mol. The molecule has 0 spiro atoms. The Hall–Kier alpha value is -1.96. The number of hydrogen-bond donors (Lipinski definition) is 0. The Morgan fingerprint density at radius 2 is 1.53 bits per heavy atom. The SMILES string of the molecule is CC1=CC(=O)C(c2ccccc2)=CC1=O. The summed E-state index contributed by atoms with van der Waals surface area (Å²) < 4.78 is 0. The fraction of sp³-hybridized carbons (Fsp3) is 0.0769. The molecule has 0 saturated heterocycles. The van der Waals surface area contributed by atoms with Gasteiger partial charge in [-0.1, -0.05) is 30.3 Å². The van der Waals surface area contributed by atoms with E-state index in [-0.39, 0.29) is 11.6 Å². The van der Waals surface area contributed by atoms with Crippen molar-refractivity contribution in [3.8, 4) is 0 Å². The molecule has 0 heterocycles. The van der Waals surface area contributed by atoms with Gasteiger partial charge in [-0.15, -0.1) is 0 Å². The molecule has 1 aliphatic rings. The minimum absolute atomic E-state index is 0.0894. The van der Waals surface area contributed by atoms with E-state index in [9.17, 15) is 9.59 Å². The number of benzene rings is 1. The maximum atomic E-state index is 11.7. The minimum atomic E-state index is -0.0988. The van der Waals surface area contributed by atoms with Crippen LogP contribution in [0.25, 0.3) is 5.57 Å². The van der Waals surface area contributed by atoms with Crippen LogP contribution in [-0.4, -0.2) is 11.6 Å². The van der Waals surface area contributed by atoms with Crippen LogP contribution in [0.3, 0.4) is 0 Å². The molecule has 0 radical (unpaired) electrons. The third kappa shape index (κ3) is 1.79. The van der Waals surface area contributed by atoms with Gasteiger partial charge in [-0.05, 0) is 24.6 Å². The molecule has 0 unspecified atom stereocenters. The Kier molecular flexibility index (Phi) is 2.34. The van der Waals surface area contributed by atoms with Crippen molar-refractivity contribution in [2.75, 3.05) is 0 Å². The van der Waals surface area contributed by atoms with Crippen LogP contribution in [-0.2, 0) is 9.59 Å². The zero-order chi connectivity index (χ0) is 10.8. The topological polar surface area (TPSA) is 34.1 Å². The Bertz CT molecular complexity index is 479. The summed E-state index contributed by atoms with van der Waals surface area (Å²) in [4.78, 5) is 23.1. The van der Waals surface area contributed by atoms with E-state index in [0.29, 0.717) is 11.1 Å². The highest BCUT2D eigenvalue weighted by Gasteiger charge is 2.18. The zero-order valence-electron chi connectivity index (χ0n) is 8.36. The Balaban J connectivity index is 2.45. The Morgan fingerprint density at radius 1 is 0.867 bits per heavy atom. The van der Waals surface area contributed by atoms with Crippen LogP contribution in [0.15, 0.2) is 48.1 Å². The van der Waals surface area contributed by atoms with Gasteiger partial charge in [0.2, 0.25) is 0 Å². The van der Waals surface area contributed by atoms with E-state index in [0.717, 1.165) is 5.56 Å². The molecule has 2 rings (SSSR count). The number of ketones is 2. The molecule has 74 valence electrons. The molecule has 15 heavy (non-hydrogen) atoms. The van der Waals surface area contributed by atoms with Crippen LogP contribution in [0.2, 0.25) is 0 Å². The van der Waals surface area contributed by atoms with Crippen molar-refractivity contribution < 1.29 is 9.59 Å². The lowest BCUT2D eigenvalue weighted by Crippen LogP contribution is -2.10. The molecule has 0 saturated carbocycles. The fourth-order valence-electron chi connectivity index (χ4n) is 1.50. The largest absolute Gasteiger partial charge is 0.290 e. The van der Waals surface area contributed by atoms with Crippen molar-refractivity contribution in [2.45, 2.75) is 6.92 Å². The van der Waals surface area contributed by atoms with Crippen molar-refractivity contribution in [1.29, 1.82) is 0 Å². The molecule has 0 N–H and O–H groups in total. The van der Waals surface area contributed by atoms with Gasteiger partial charge in [-0.2, -0.15) is 0 Å². The molecule has 1 aliphatic carbocycles. The molecule has 0 aliphatic heterocycles. The van der Waals surface area contributed by atoms with Gasteiger partial charge in [-0.3, -0.25) is 9.59 Å². The first-order valence-electron chi connectivity index (χ1n) is 4.72. The molecule has 0 amide bonds. The Labute approximate surface area is 87.9 Å². The molecular formula is C13H10O2. The molecular weight excluding hydrogens is 188 g/mol. The second-order valence-corrected chi connectivity index (χ2v) is 3.48. The highest BCUT2D eigenvalue weighted by molar-refractivity contribution is 6.35. The number of allylic oxidation sites excluding steroid dienone is 4. The van der Waals surface area contributed by atoms with Crippen molar-refractivity contribution in [3.05, 3.63) is 53.6 Å². The van der Waals surface area contributed by atoms with E-state index in [1.54, 1.807) is 6.92 Å². The van der Waals surface area contributed by atoms with Gasteiger partial charge in [-0.25, -0.2) is 0 Å². The highest BCUT2D eigenvalue weighted by Crippen LogP contribution is 2.21. The summed E-state index contributed by atoms with van der Waals surface area (Å²) in [5.41, 5.74) is 1.77. The third-order valence-corrected chi connectivity index (χ3v) is 2.36. The lowest BCUT2D eigenvalue weighted by molar-refractivity contribution is -0.114. The van der Waals surface area contributed by atoms with Gasteiger partial charge in [0.15, 0.2) is 11.6 Å². The zero-order valence-corrected chi connectivity index (χ0v) is 8.36. The van der Waals surface area contributed by atoms with Gasteiger partial charge in [0, 0.05) is 11.1 Å². The van der Waals surface area contributed by atoms with E-state index < -0.39 is 0 Å². The summed E-state index contributed by atoms with van der Waals surface area (Å²) in [6.07, 6.45) is 2.80. The fourth-order valence-corrected chi connectivity index (χ4v) is 1.50. The second kappa shape index (κ2) is 3.65. The highest BCUT2D eigenvalue weighted by atomic mass is 16.1. The van der Waals surface area contributed by atoms with Crippen molar-refractivity contribution in [1.82, 2.24) is 0 Å². The maximum Gasteiger partial charge on any atom is 0.186 e. The van der Waals surface area contributed by atoms with Crippen LogP contribution in [0.1, 0.15) is 12.5 Å². The van der Waals surface area contributed by atoms with Crippen molar-refractivity contribution in [3.63, 3.8) is 0 Å². The number of carbonyl (C=O) groups excluding carboxylic acids is 2. The number of rotatable bonds is 1. The average molecular weight is 198 g/mol. The summed E-state index contributed by atoms with van der Waals surface area (Å²) in [6.45, 7) is 1.65. The smallest absolute Gasteiger partial charge is 0.186 e. The van der Waals surface area contributed by atoms with Gasteiger partial charge in [0.05, 0.1) is 0 Å². The molecule has 1 aromatic rings. The summed E-state index contributed by atoms with van der Waals surface area (Å²) in [5.74, 6) is -0.188. The minimum Gasteiger partial charge on any atom is -0.290 e. The standard InChI is InChI=1S/C13H10O2/c1-9-7-13(15)11(8-12(9)14)10-5-3-2-4-6-10/h2-8H,1H3.